The molecule has 0 radical (unpaired) electrons. The lowest BCUT2D eigenvalue weighted by molar-refractivity contribution is -0.159. The number of likely N-dealkylation sites (tertiary alicyclic amines) is 1. The van der Waals surface area contributed by atoms with Gasteiger partial charge >= 0.3 is 5.97 Å². The molecule has 1 aromatic carbocycles. The Morgan fingerprint density at radius 1 is 1.14 bits per heavy atom. The first-order valence-electron chi connectivity index (χ1n) is 10.1. The average Bonchev–Trinajstić information content (AvgIpc) is 2.97. The molecule has 3 rings (SSSR count). The third-order valence-corrected chi connectivity index (χ3v) is 5.74. The zero-order valence-corrected chi connectivity index (χ0v) is 17.1. The van der Waals surface area contributed by atoms with Crippen LogP contribution < -0.4 is 4.74 Å². The van der Waals surface area contributed by atoms with E-state index in [-0.39, 0.29) is 36.0 Å². The van der Waals surface area contributed by atoms with Crippen LogP contribution in [-0.2, 0) is 25.7 Å². The van der Waals surface area contributed by atoms with Crippen molar-refractivity contribution in [2.24, 2.45) is 11.8 Å². The molecule has 7 nitrogen and oxygen atoms in total. The number of carbonyl (C=O) groups excluding carboxylic acids is 4. The molecule has 1 aliphatic carbocycles. The number of benzene rings is 1. The molecular weight excluding hydrogens is 374 g/mol. The fraction of sp³-hybridized carbons (Fsp3) is 0.545. The Hall–Kier alpha value is -2.70. The van der Waals surface area contributed by atoms with Crippen LogP contribution in [0.3, 0.4) is 0 Å². The van der Waals surface area contributed by atoms with E-state index in [1.165, 1.54) is 13.8 Å². The number of hydrogen-bond acceptors (Lipinski definition) is 6. The Kier molecular flexibility index (Phi) is 6.35. The Bertz CT molecular complexity index is 809. The first-order chi connectivity index (χ1) is 13.8. The quantitative estimate of drug-likeness (QED) is 0.396. The van der Waals surface area contributed by atoms with Gasteiger partial charge in [0, 0.05) is 11.1 Å². The van der Waals surface area contributed by atoms with E-state index in [1.54, 1.807) is 18.2 Å². The number of Topliss-reactive ketones (excluding diaryl/α,β-unsaturated/α-hetero) is 1. The molecular formula is C22H27NO6. The van der Waals surface area contributed by atoms with Crippen LogP contribution >= 0.6 is 0 Å². The number of hydrogen-bond donors (Lipinski definition) is 0. The molecule has 0 bridgehead atoms. The monoisotopic (exact) mass is 401 g/mol. The number of amides is 2. The van der Waals surface area contributed by atoms with Gasteiger partial charge in [0.2, 0.25) is 11.8 Å². The van der Waals surface area contributed by atoms with Gasteiger partial charge in [-0.2, -0.15) is 0 Å². The summed E-state index contributed by atoms with van der Waals surface area (Å²) in [6, 6.07) is 3.98. The predicted molar refractivity (Wildman–Crippen MR) is 104 cm³/mol. The fourth-order valence-electron chi connectivity index (χ4n) is 4.15. The van der Waals surface area contributed by atoms with Crippen molar-refractivity contribution < 1.29 is 28.7 Å². The first-order valence-corrected chi connectivity index (χ1v) is 10.1. The van der Waals surface area contributed by atoms with Gasteiger partial charge in [0.1, 0.15) is 18.4 Å². The lowest BCUT2D eigenvalue weighted by atomic mass is 9.81. The molecule has 2 amide bonds. The van der Waals surface area contributed by atoms with Crippen molar-refractivity contribution in [1.29, 1.82) is 0 Å². The van der Waals surface area contributed by atoms with E-state index < -0.39 is 12.0 Å². The van der Waals surface area contributed by atoms with Gasteiger partial charge in [0.15, 0.2) is 5.78 Å². The van der Waals surface area contributed by atoms with Crippen LogP contribution in [0.25, 0.3) is 0 Å². The van der Waals surface area contributed by atoms with Crippen LogP contribution in [0, 0.1) is 11.8 Å². The minimum absolute atomic E-state index is 0.107. The smallest absolute Gasteiger partial charge is 0.329 e. The molecule has 1 saturated carbocycles. The summed E-state index contributed by atoms with van der Waals surface area (Å²) in [7, 11) is 0. The molecule has 1 saturated heterocycles. The molecule has 2 aliphatic rings. The van der Waals surface area contributed by atoms with Crippen molar-refractivity contribution in [3.05, 3.63) is 29.3 Å². The van der Waals surface area contributed by atoms with Crippen LogP contribution in [0.4, 0.5) is 0 Å². The van der Waals surface area contributed by atoms with E-state index >= 15 is 0 Å². The molecule has 7 heteroatoms. The minimum atomic E-state index is -0.980. The highest BCUT2D eigenvalue weighted by molar-refractivity contribution is 6.07. The maximum absolute atomic E-state index is 12.7. The predicted octanol–water partition coefficient (Wildman–Crippen LogP) is 2.89. The van der Waals surface area contributed by atoms with E-state index in [2.05, 4.69) is 0 Å². The fourth-order valence-corrected chi connectivity index (χ4v) is 4.15. The van der Waals surface area contributed by atoms with E-state index in [4.69, 9.17) is 9.47 Å². The largest absolute Gasteiger partial charge is 0.493 e. The van der Waals surface area contributed by atoms with Crippen molar-refractivity contribution in [3.8, 4) is 5.75 Å². The van der Waals surface area contributed by atoms with Crippen molar-refractivity contribution in [3.63, 3.8) is 0 Å². The van der Waals surface area contributed by atoms with E-state index in [0.29, 0.717) is 36.3 Å². The second kappa shape index (κ2) is 8.76. The van der Waals surface area contributed by atoms with Crippen molar-refractivity contribution in [2.75, 3.05) is 6.61 Å². The normalized spacial score (nSPS) is 22.2. The topological polar surface area (TPSA) is 90.0 Å². The number of nitrogens with zero attached hydrogens (tertiary/aromatic N) is 1. The third-order valence-electron chi connectivity index (χ3n) is 5.74. The summed E-state index contributed by atoms with van der Waals surface area (Å²) in [5.74, 6) is -1.37. The molecule has 0 spiro atoms. The Morgan fingerprint density at radius 3 is 2.31 bits per heavy atom. The summed E-state index contributed by atoms with van der Waals surface area (Å²) < 4.78 is 10.9. The number of ether oxygens (including phenoxy) is 2. The second-order valence-electron chi connectivity index (χ2n) is 7.64. The molecule has 1 aliphatic heterocycles. The van der Waals surface area contributed by atoms with Crippen LogP contribution in [0.15, 0.2) is 18.2 Å². The molecule has 0 unspecified atom stereocenters. The van der Waals surface area contributed by atoms with Gasteiger partial charge in [0.05, 0.1) is 18.4 Å². The molecule has 156 valence electrons. The Balaban J connectivity index is 1.70. The molecule has 0 N–H and O–H groups in total. The standard InChI is InChI=1S/C22H27NO6/c1-4-28-19-10-9-15(14(3)24)11-16(19)12-29-22(27)13(2)23-20(25)17-7-5-6-8-18(17)21(23)26/h9-11,13,17-18H,4-8,12H2,1-3H3/t13-,17-,18+/m0/s1. The lowest BCUT2D eigenvalue weighted by Crippen LogP contribution is -2.44. The van der Waals surface area contributed by atoms with Gasteiger partial charge in [-0.15, -0.1) is 0 Å². The van der Waals surface area contributed by atoms with Crippen LogP contribution in [-0.4, -0.2) is 41.1 Å². The maximum Gasteiger partial charge on any atom is 0.329 e. The molecule has 0 aromatic heterocycles. The van der Waals surface area contributed by atoms with Gasteiger partial charge < -0.3 is 9.47 Å². The maximum atomic E-state index is 12.7. The summed E-state index contributed by atoms with van der Waals surface area (Å²) in [4.78, 5) is 50.7. The van der Waals surface area contributed by atoms with Crippen LogP contribution in [0.1, 0.15) is 62.4 Å². The first kappa shape index (κ1) is 21.0. The van der Waals surface area contributed by atoms with Gasteiger partial charge in [-0.1, -0.05) is 12.8 Å². The summed E-state index contributed by atoms with van der Waals surface area (Å²) in [6.07, 6.45) is 3.26. The van der Waals surface area contributed by atoms with Gasteiger partial charge in [-0.05, 0) is 51.8 Å². The van der Waals surface area contributed by atoms with E-state index in [1.807, 2.05) is 6.92 Å². The molecule has 3 atom stereocenters. The number of fused-ring (bicyclic) bond motifs is 1. The number of imide groups is 1. The lowest BCUT2D eigenvalue weighted by Gasteiger charge is -2.22. The molecule has 1 aromatic rings. The SMILES string of the molecule is CCOc1ccc(C(C)=O)cc1COC(=O)[C@H](C)N1C(=O)[C@H]2CCCC[C@H]2C1=O. The highest BCUT2D eigenvalue weighted by Gasteiger charge is 2.51. The highest BCUT2D eigenvalue weighted by Crippen LogP contribution is 2.39. The van der Waals surface area contributed by atoms with E-state index in [9.17, 15) is 19.2 Å². The number of ketones is 1. The Labute approximate surface area is 170 Å². The van der Waals surface area contributed by atoms with Gasteiger partial charge in [-0.25, -0.2) is 4.79 Å². The van der Waals surface area contributed by atoms with E-state index in [0.717, 1.165) is 17.7 Å². The molecule has 1 heterocycles. The number of rotatable bonds is 7. The second-order valence-corrected chi connectivity index (χ2v) is 7.64. The summed E-state index contributed by atoms with van der Waals surface area (Å²) in [5.41, 5.74) is 1.05. The zero-order chi connectivity index (χ0) is 21.1. The van der Waals surface area contributed by atoms with Gasteiger partial charge in [-0.3, -0.25) is 19.3 Å². The zero-order valence-electron chi connectivity index (χ0n) is 17.1. The number of esters is 1. The minimum Gasteiger partial charge on any atom is -0.493 e. The molecule has 29 heavy (non-hydrogen) atoms. The summed E-state index contributed by atoms with van der Waals surface area (Å²) in [5, 5.41) is 0. The van der Waals surface area contributed by atoms with Crippen LogP contribution in [0.2, 0.25) is 0 Å². The molecule has 2 fully saturated rings. The average molecular weight is 401 g/mol. The Morgan fingerprint density at radius 2 is 1.76 bits per heavy atom. The number of carbonyl (C=O) groups is 4. The summed E-state index contributed by atoms with van der Waals surface area (Å²) >= 11 is 0. The third kappa shape index (κ3) is 4.18. The highest BCUT2D eigenvalue weighted by atomic mass is 16.5. The van der Waals surface area contributed by atoms with Crippen molar-refractivity contribution in [1.82, 2.24) is 4.90 Å². The summed E-state index contributed by atoms with van der Waals surface area (Å²) in [6.45, 7) is 5.13. The van der Waals surface area contributed by atoms with Gasteiger partial charge in [0.25, 0.3) is 0 Å². The van der Waals surface area contributed by atoms with Crippen molar-refractivity contribution in [2.45, 2.75) is 59.1 Å². The van der Waals surface area contributed by atoms with Crippen molar-refractivity contribution >= 4 is 23.6 Å². The van der Waals surface area contributed by atoms with Crippen LogP contribution in [0.5, 0.6) is 5.75 Å².